The van der Waals surface area contributed by atoms with Gasteiger partial charge in [0.25, 0.3) is 0 Å². The third-order valence-electron chi connectivity index (χ3n) is 2.03. The van der Waals surface area contributed by atoms with E-state index in [1.807, 2.05) is 31.4 Å². The van der Waals surface area contributed by atoms with Crippen molar-refractivity contribution in [1.29, 1.82) is 0 Å². The Morgan fingerprint density at radius 2 is 2.27 bits per heavy atom. The summed E-state index contributed by atoms with van der Waals surface area (Å²) in [6.07, 6.45) is 3.38. The van der Waals surface area contributed by atoms with Crippen molar-refractivity contribution in [1.82, 2.24) is 9.78 Å². The fraction of sp³-hybridized carbons (Fsp3) is 0.0909. The Hall–Kier alpha value is -2.19. The standard InChI is InChI=1S/C11H9N3O/c1-14-6-5-11(13-14)9-3-2-4-10(7-9)12-8-15/h2-7H,1H3. The minimum atomic E-state index is 0.591. The predicted molar refractivity (Wildman–Crippen MR) is 56.4 cm³/mol. The number of hydrogen-bond donors (Lipinski definition) is 0. The molecule has 0 N–H and O–H groups in total. The molecule has 0 bridgehead atoms. The van der Waals surface area contributed by atoms with Crippen LogP contribution in [0, 0.1) is 0 Å². The summed E-state index contributed by atoms with van der Waals surface area (Å²) in [4.78, 5) is 13.7. The number of carbonyl (C=O) groups excluding carboxylic acids is 1. The van der Waals surface area contributed by atoms with Crippen molar-refractivity contribution < 1.29 is 4.79 Å². The van der Waals surface area contributed by atoms with E-state index in [9.17, 15) is 4.79 Å². The zero-order valence-corrected chi connectivity index (χ0v) is 8.21. The summed E-state index contributed by atoms with van der Waals surface area (Å²) in [6, 6.07) is 9.21. The van der Waals surface area contributed by atoms with Gasteiger partial charge in [-0.25, -0.2) is 4.79 Å². The molecule has 2 rings (SSSR count). The van der Waals surface area contributed by atoms with Gasteiger partial charge in [0.2, 0.25) is 6.08 Å². The molecule has 1 aromatic carbocycles. The Balaban J connectivity index is 2.44. The van der Waals surface area contributed by atoms with Crippen molar-refractivity contribution in [3.05, 3.63) is 36.5 Å². The van der Waals surface area contributed by atoms with Gasteiger partial charge in [0.05, 0.1) is 11.4 Å². The third kappa shape index (κ3) is 2.00. The maximum Gasteiger partial charge on any atom is 0.240 e. The summed E-state index contributed by atoms with van der Waals surface area (Å²) in [5, 5.41) is 4.26. The topological polar surface area (TPSA) is 47.2 Å². The van der Waals surface area contributed by atoms with Crippen LogP contribution in [-0.4, -0.2) is 15.9 Å². The van der Waals surface area contributed by atoms with Crippen molar-refractivity contribution >= 4 is 11.8 Å². The predicted octanol–water partition coefficient (Wildman–Crippen LogP) is 2.05. The first-order valence-corrected chi connectivity index (χ1v) is 4.47. The second-order valence-corrected chi connectivity index (χ2v) is 3.13. The maximum absolute atomic E-state index is 10.1. The lowest BCUT2D eigenvalue weighted by Gasteiger charge is -1.96. The summed E-state index contributed by atoms with van der Waals surface area (Å²) < 4.78 is 1.73. The normalized spacial score (nSPS) is 9.67. The smallest absolute Gasteiger partial charge is 0.240 e. The number of nitrogens with zero attached hydrogens (tertiary/aromatic N) is 3. The molecule has 74 valence electrons. The quantitative estimate of drug-likeness (QED) is 0.549. The van der Waals surface area contributed by atoms with Gasteiger partial charge in [0.1, 0.15) is 0 Å². The summed E-state index contributed by atoms with van der Waals surface area (Å²) in [5.41, 5.74) is 2.39. The molecule has 0 unspecified atom stereocenters. The second-order valence-electron chi connectivity index (χ2n) is 3.13. The number of aromatic nitrogens is 2. The van der Waals surface area contributed by atoms with Gasteiger partial charge >= 0.3 is 0 Å². The Morgan fingerprint density at radius 1 is 1.40 bits per heavy atom. The SMILES string of the molecule is Cn1ccc(-c2cccc(N=C=O)c2)n1. The maximum atomic E-state index is 10.1. The first-order valence-electron chi connectivity index (χ1n) is 4.47. The minimum Gasteiger partial charge on any atom is -0.275 e. The molecular weight excluding hydrogens is 190 g/mol. The Labute approximate surface area is 86.9 Å². The molecule has 0 amide bonds. The van der Waals surface area contributed by atoms with E-state index in [1.165, 1.54) is 6.08 Å². The number of rotatable bonds is 2. The molecule has 15 heavy (non-hydrogen) atoms. The van der Waals surface area contributed by atoms with E-state index in [0.717, 1.165) is 11.3 Å². The lowest BCUT2D eigenvalue weighted by atomic mass is 10.1. The lowest BCUT2D eigenvalue weighted by molar-refractivity contribution is 0.565. The Kier molecular flexibility index (Phi) is 2.44. The van der Waals surface area contributed by atoms with Gasteiger partial charge in [0.15, 0.2) is 0 Å². The fourth-order valence-corrected chi connectivity index (χ4v) is 1.36. The highest BCUT2D eigenvalue weighted by Crippen LogP contribution is 2.21. The van der Waals surface area contributed by atoms with Gasteiger partial charge in [-0.1, -0.05) is 12.1 Å². The largest absolute Gasteiger partial charge is 0.275 e. The van der Waals surface area contributed by atoms with Gasteiger partial charge in [-0.3, -0.25) is 4.68 Å². The fourth-order valence-electron chi connectivity index (χ4n) is 1.36. The molecule has 0 aliphatic heterocycles. The van der Waals surface area contributed by atoms with E-state index in [0.29, 0.717) is 5.69 Å². The molecule has 4 nitrogen and oxygen atoms in total. The van der Waals surface area contributed by atoms with E-state index in [1.54, 1.807) is 16.8 Å². The van der Waals surface area contributed by atoms with Gasteiger partial charge in [-0.05, 0) is 18.2 Å². The van der Waals surface area contributed by atoms with Crippen LogP contribution in [0.15, 0.2) is 41.5 Å². The number of aliphatic imine (C=N–C) groups is 1. The van der Waals surface area contributed by atoms with Crippen LogP contribution in [0.5, 0.6) is 0 Å². The van der Waals surface area contributed by atoms with Crippen molar-refractivity contribution in [2.24, 2.45) is 12.0 Å². The van der Waals surface area contributed by atoms with Crippen LogP contribution in [0.2, 0.25) is 0 Å². The van der Waals surface area contributed by atoms with E-state index in [2.05, 4.69) is 10.1 Å². The molecule has 2 aromatic rings. The van der Waals surface area contributed by atoms with Crippen LogP contribution in [0.3, 0.4) is 0 Å². The highest BCUT2D eigenvalue weighted by molar-refractivity contribution is 5.64. The average Bonchev–Trinajstić information content (AvgIpc) is 2.66. The Bertz CT molecular complexity index is 524. The number of isocyanates is 1. The molecule has 0 saturated carbocycles. The van der Waals surface area contributed by atoms with Gasteiger partial charge in [-0.2, -0.15) is 10.1 Å². The van der Waals surface area contributed by atoms with E-state index >= 15 is 0 Å². The van der Waals surface area contributed by atoms with Crippen LogP contribution in [0.1, 0.15) is 0 Å². The molecular formula is C11H9N3O. The zero-order chi connectivity index (χ0) is 10.7. The van der Waals surface area contributed by atoms with Crippen LogP contribution in [0.25, 0.3) is 11.3 Å². The van der Waals surface area contributed by atoms with Crippen LogP contribution < -0.4 is 0 Å². The zero-order valence-electron chi connectivity index (χ0n) is 8.21. The summed E-state index contributed by atoms with van der Waals surface area (Å²) in [7, 11) is 1.86. The van der Waals surface area contributed by atoms with E-state index in [-0.39, 0.29) is 0 Å². The van der Waals surface area contributed by atoms with Gasteiger partial charge in [0, 0.05) is 18.8 Å². The van der Waals surface area contributed by atoms with E-state index < -0.39 is 0 Å². The minimum absolute atomic E-state index is 0.591. The van der Waals surface area contributed by atoms with Crippen molar-refractivity contribution in [3.8, 4) is 11.3 Å². The van der Waals surface area contributed by atoms with Crippen LogP contribution >= 0.6 is 0 Å². The molecule has 1 aromatic heterocycles. The van der Waals surface area contributed by atoms with Gasteiger partial charge < -0.3 is 0 Å². The highest BCUT2D eigenvalue weighted by Gasteiger charge is 2.01. The monoisotopic (exact) mass is 199 g/mol. The lowest BCUT2D eigenvalue weighted by Crippen LogP contribution is -1.87. The second kappa shape index (κ2) is 3.90. The number of benzene rings is 1. The molecule has 0 aliphatic carbocycles. The molecule has 0 fully saturated rings. The molecule has 0 spiro atoms. The van der Waals surface area contributed by atoms with Crippen LogP contribution in [-0.2, 0) is 11.8 Å². The molecule has 0 aliphatic rings. The van der Waals surface area contributed by atoms with Crippen molar-refractivity contribution in [2.45, 2.75) is 0 Å². The molecule has 0 atom stereocenters. The third-order valence-corrected chi connectivity index (χ3v) is 2.03. The summed E-state index contributed by atoms with van der Waals surface area (Å²) in [5.74, 6) is 0. The molecule has 4 heteroatoms. The van der Waals surface area contributed by atoms with Gasteiger partial charge in [-0.15, -0.1) is 0 Å². The van der Waals surface area contributed by atoms with E-state index in [4.69, 9.17) is 0 Å². The average molecular weight is 199 g/mol. The molecule has 0 saturated heterocycles. The number of hydrogen-bond acceptors (Lipinski definition) is 3. The number of aryl methyl sites for hydroxylation is 1. The Morgan fingerprint density at radius 3 is 2.93 bits per heavy atom. The molecule has 0 radical (unpaired) electrons. The first kappa shape index (κ1) is 9.37. The van der Waals surface area contributed by atoms with Crippen molar-refractivity contribution in [2.75, 3.05) is 0 Å². The van der Waals surface area contributed by atoms with Crippen LogP contribution in [0.4, 0.5) is 5.69 Å². The first-order chi connectivity index (χ1) is 7.29. The summed E-state index contributed by atoms with van der Waals surface area (Å²) >= 11 is 0. The van der Waals surface area contributed by atoms with Crippen molar-refractivity contribution in [3.63, 3.8) is 0 Å². The highest BCUT2D eigenvalue weighted by atomic mass is 16.1. The molecule has 1 heterocycles. The summed E-state index contributed by atoms with van der Waals surface area (Å²) in [6.45, 7) is 0.